The predicted molar refractivity (Wildman–Crippen MR) is 280 cm³/mol. The molecule has 7 rings (SSSR count). The van der Waals surface area contributed by atoms with Crippen LogP contribution >= 0.6 is 34.4 Å². The second-order valence-corrected chi connectivity index (χ2v) is 23.8. The Kier molecular flexibility index (Phi) is 16.2. The number of methoxy groups -OCH3 is 1. The van der Waals surface area contributed by atoms with E-state index in [0.29, 0.717) is 29.0 Å². The van der Waals surface area contributed by atoms with Crippen LogP contribution in [-0.2, 0) is 62.7 Å². The number of thiophene rings is 1. The maximum Gasteiger partial charge on any atom is 0.413 e. The van der Waals surface area contributed by atoms with E-state index in [9.17, 15) is 28.8 Å². The van der Waals surface area contributed by atoms with Crippen molar-refractivity contribution in [3.8, 4) is 5.75 Å². The van der Waals surface area contributed by atoms with Gasteiger partial charge in [-0.15, -0.1) is 43.6 Å². The van der Waals surface area contributed by atoms with Gasteiger partial charge in [0.25, 0.3) is 11.8 Å². The normalized spacial score (nSPS) is 16.1. The number of alkyl carbamates (subject to hydrolysis) is 1. The monoisotopic (exact) mass is 1090 g/mol. The van der Waals surface area contributed by atoms with E-state index >= 15 is 0 Å². The maximum absolute atomic E-state index is 14.4. The SMILES string of the molecule is COc1ccc(COC(=O)C2=C(C[n+]3ccc4n(Cc5cc(C(=N)NC(=O)OC(C)(C)C)cs5)ccn43)CS[C@@H]3[C@H](NC(=O)/C(=N\OC(C)(C)C(=O)OC(C)(C)C)c4csc(NC(=O)OC(C)(C)C)n4)C(=O)N23)cc1. The quantitative estimate of drug-likeness (QED) is 0.0152. The van der Waals surface area contributed by atoms with E-state index in [-0.39, 0.29) is 41.3 Å². The highest BCUT2D eigenvalue weighted by Crippen LogP contribution is 2.41. The van der Waals surface area contributed by atoms with Gasteiger partial charge in [-0.05, 0) is 99.9 Å². The van der Waals surface area contributed by atoms with E-state index in [0.717, 1.165) is 21.9 Å². The Balaban J connectivity index is 1.13. The number of thioether (sulfide) groups is 1. The van der Waals surface area contributed by atoms with Gasteiger partial charge in [0.1, 0.15) is 57.8 Å². The molecule has 0 aliphatic carbocycles. The van der Waals surface area contributed by atoms with Crippen molar-refractivity contribution in [2.75, 3.05) is 18.2 Å². The number of oxime groups is 1. The molecular formula is C50H61N10O12S3+. The number of carbonyl (C=O) groups is 6. The Labute approximate surface area is 445 Å². The molecule has 1 saturated heterocycles. The number of esters is 2. The molecule has 4 aromatic heterocycles. The number of hydrogen-bond donors (Lipinski definition) is 4. The fourth-order valence-corrected chi connectivity index (χ4v) is 10.2. The third-order valence-electron chi connectivity index (χ3n) is 10.7. The number of thiazole rings is 1. The molecule has 4 N–H and O–H groups in total. The lowest BCUT2D eigenvalue weighted by molar-refractivity contribution is -0.753. The topological polar surface area (TPSA) is 259 Å². The number of anilines is 1. The van der Waals surface area contributed by atoms with Crippen molar-refractivity contribution in [2.45, 2.75) is 130 Å². The standard InChI is InChI=1S/C50H60N10O12S3/c1-47(2,3)69-43(64)50(10,11)72-56-35(33-27-75-44(52-33)55-46(66)71-49(7,8)9)39(61)53-36-40(62)60-37(42(63)68-24-28-13-15-31(67-12)16-14-28)30(26-74-41(36)60)22-58-18-17-34-57(19-20-59(34)58)23-32-21-29(25-73-32)38(51)54-45(65)70-48(4,5)6/h13-21,25,27,36,41H,22-24,26H2,1-12H3,(H3-,51,52,53,54,55,61,65,66)/p+1/b56-35-/t36-,41-/m1/s1. The number of rotatable bonds is 16. The van der Waals surface area contributed by atoms with Crippen LogP contribution in [0, 0.1) is 5.41 Å². The van der Waals surface area contributed by atoms with Gasteiger partial charge in [-0.25, -0.2) is 24.2 Å². The first kappa shape index (κ1) is 55.5. The van der Waals surface area contributed by atoms with Crippen LogP contribution < -0.4 is 25.4 Å². The number of amidine groups is 1. The van der Waals surface area contributed by atoms with E-state index in [1.165, 1.54) is 47.2 Å². The Morgan fingerprint density at radius 3 is 2.23 bits per heavy atom. The number of β-lactam (4-membered cyclic amide) rings is 1. The molecule has 400 valence electrons. The van der Waals surface area contributed by atoms with Gasteiger partial charge in [0.15, 0.2) is 29.2 Å². The molecular weight excluding hydrogens is 1030 g/mol. The molecule has 0 saturated carbocycles. The predicted octanol–water partition coefficient (Wildman–Crippen LogP) is 6.74. The summed E-state index contributed by atoms with van der Waals surface area (Å²) < 4.78 is 33.1. The van der Waals surface area contributed by atoms with Gasteiger partial charge in [0, 0.05) is 38.7 Å². The first-order valence-electron chi connectivity index (χ1n) is 23.5. The maximum atomic E-state index is 14.4. The highest BCUT2D eigenvalue weighted by Gasteiger charge is 2.55. The fourth-order valence-electron chi connectivity index (χ4n) is 7.32. The number of amides is 4. The van der Waals surface area contributed by atoms with Gasteiger partial charge in [0.2, 0.25) is 5.60 Å². The Morgan fingerprint density at radius 1 is 0.880 bits per heavy atom. The summed E-state index contributed by atoms with van der Waals surface area (Å²) in [5.74, 6) is -2.21. The third kappa shape index (κ3) is 13.9. The highest BCUT2D eigenvalue weighted by atomic mass is 32.2. The summed E-state index contributed by atoms with van der Waals surface area (Å²) in [4.78, 5) is 93.4. The summed E-state index contributed by atoms with van der Waals surface area (Å²) in [6, 6.07) is 9.59. The second kappa shape index (κ2) is 21.9. The molecule has 0 spiro atoms. The lowest BCUT2D eigenvalue weighted by Crippen LogP contribution is -2.71. The second-order valence-electron chi connectivity index (χ2n) is 20.8. The van der Waals surface area contributed by atoms with Crippen LogP contribution in [-0.4, -0.2) is 113 Å². The van der Waals surface area contributed by atoms with Crippen LogP contribution in [0.2, 0.25) is 0 Å². The van der Waals surface area contributed by atoms with Crippen LogP contribution in [0.25, 0.3) is 5.65 Å². The number of carbonyl (C=O) groups excluding carboxylic acids is 6. The summed E-state index contributed by atoms with van der Waals surface area (Å²) >= 11 is 3.74. The van der Waals surface area contributed by atoms with Crippen molar-refractivity contribution in [3.05, 3.63) is 98.7 Å². The first-order valence-corrected chi connectivity index (χ1v) is 26.3. The molecule has 1 fully saturated rings. The molecule has 1 aromatic carbocycles. The molecule has 25 heteroatoms. The molecule has 75 heavy (non-hydrogen) atoms. The van der Waals surface area contributed by atoms with Crippen LogP contribution in [0.3, 0.4) is 0 Å². The van der Waals surface area contributed by atoms with Crippen LogP contribution in [0.4, 0.5) is 14.7 Å². The Bertz CT molecular complexity index is 3070. The van der Waals surface area contributed by atoms with Crippen molar-refractivity contribution < 1.29 is 62.0 Å². The minimum atomic E-state index is -1.69. The van der Waals surface area contributed by atoms with Crippen molar-refractivity contribution in [2.24, 2.45) is 5.16 Å². The average Bonchev–Trinajstić information content (AvgIpc) is 4.13. The van der Waals surface area contributed by atoms with Crippen LogP contribution in [0.15, 0.2) is 82.2 Å². The molecule has 5 aromatic rings. The van der Waals surface area contributed by atoms with Crippen molar-refractivity contribution in [1.82, 2.24) is 29.6 Å². The number of nitrogens with zero attached hydrogens (tertiary/aromatic N) is 6. The zero-order valence-electron chi connectivity index (χ0n) is 43.6. The molecule has 0 radical (unpaired) electrons. The van der Waals surface area contributed by atoms with Crippen molar-refractivity contribution >= 4 is 92.7 Å². The number of aromatic nitrogens is 4. The number of ether oxygens (including phenoxy) is 5. The molecule has 2 aliphatic rings. The highest BCUT2D eigenvalue weighted by molar-refractivity contribution is 8.00. The molecule has 4 amide bonds. The molecule has 0 bridgehead atoms. The van der Waals surface area contributed by atoms with E-state index in [1.54, 1.807) is 99.1 Å². The number of fused-ring (bicyclic) bond motifs is 2. The smallest absolute Gasteiger partial charge is 0.413 e. The van der Waals surface area contributed by atoms with Crippen LogP contribution in [0.5, 0.6) is 5.75 Å². The zero-order valence-corrected chi connectivity index (χ0v) is 46.1. The minimum Gasteiger partial charge on any atom is -0.497 e. The third-order valence-corrected chi connectivity index (χ3v) is 13.7. The summed E-state index contributed by atoms with van der Waals surface area (Å²) in [5.41, 5.74) is -1.90. The van der Waals surface area contributed by atoms with Gasteiger partial charge in [-0.3, -0.25) is 30.5 Å². The Hall–Kier alpha value is -7.25. The Morgan fingerprint density at radius 2 is 1.56 bits per heavy atom. The van der Waals surface area contributed by atoms with E-state index in [2.05, 4.69) is 26.1 Å². The van der Waals surface area contributed by atoms with Gasteiger partial charge in [-0.1, -0.05) is 17.3 Å². The molecule has 2 atom stereocenters. The summed E-state index contributed by atoms with van der Waals surface area (Å²) in [6.07, 6.45) is 4.13. The fraction of sp³-hybridized carbons (Fsp3) is 0.440. The molecule has 22 nitrogen and oxygen atoms in total. The molecule has 6 heterocycles. The van der Waals surface area contributed by atoms with Gasteiger partial charge in [-0.2, -0.15) is 0 Å². The van der Waals surface area contributed by atoms with Crippen LogP contribution in [0.1, 0.15) is 97.9 Å². The minimum absolute atomic E-state index is 0.0342. The summed E-state index contributed by atoms with van der Waals surface area (Å²) in [5, 5.41) is 22.8. The van der Waals surface area contributed by atoms with Gasteiger partial charge < -0.3 is 38.4 Å². The lowest BCUT2D eigenvalue weighted by atomic mass is 10.0. The lowest BCUT2D eigenvalue weighted by Gasteiger charge is -2.49. The molecule has 0 unspecified atom stereocenters. The van der Waals surface area contributed by atoms with Crippen molar-refractivity contribution in [3.63, 3.8) is 0 Å². The number of hydrogen-bond acceptors (Lipinski definition) is 18. The van der Waals surface area contributed by atoms with E-state index in [1.807, 2.05) is 44.5 Å². The number of nitrogens with one attached hydrogen (secondary N) is 4. The van der Waals surface area contributed by atoms with Gasteiger partial charge >= 0.3 is 24.1 Å². The first-order chi connectivity index (χ1) is 35.1. The largest absolute Gasteiger partial charge is 0.497 e. The number of imidazole rings is 1. The van der Waals surface area contributed by atoms with Crippen molar-refractivity contribution in [1.29, 1.82) is 5.41 Å². The zero-order chi connectivity index (χ0) is 54.8. The summed E-state index contributed by atoms with van der Waals surface area (Å²) in [6.45, 7) is 18.8. The van der Waals surface area contributed by atoms with Gasteiger partial charge in [0.05, 0.1) is 25.9 Å². The number of benzene rings is 1. The average molecular weight is 1090 g/mol. The van der Waals surface area contributed by atoms with E-state index < -0.39 is 75.5 Å². The van der Waals surface area contributed by atoms with E-state index in [4.69, 9.17) is 33.9 Å². The summed E-state index contributed by atoms with van der Waals surface area (Å²) in [7, 11) is 1.55. The molecule has 2 aliphatic heterocycles.